The molecule has 0 amide bonds. The standard InChI is InChI=1S/C9H12N4O/c1-7(11-12-9(10)13-14)8-5-3-2-4-6-8/h2-6,14H,1H3,(H3,10,12,13)/b11-7+. The van der Waals surface area contributed by atoms with E-state index >= 15 is 0 Å². The summed E-state index contributed by atoms with van der Waals surface area (Å²) in [5, 5.41) is 15.7. The highest BCUT2D eigenvalue weighted by Gasteiger charge is 1.94. The lowest BCUT2D eigenvalue weighted by Crippen LogP contribution is -2.27. The number of hydrogen-bond acceptors (Lipinski definition) is 3. The molecule has 14 heavy (non-hydrogen) atoms. The van der Waals surface area contributed by atoms with Crippen molar-refractivity contribution in [2.75, 3.05) is 0 Å². The van der Waals surface area contributed by atoms with Gasteiger partial charge in [0.05, 0.1) is 5.71 Å². The largest absolute Gasteiger partial charge is 0.367 e. The van der Waals surface area contributed by atoms with E-state index in [1.54, 1.807) is 5.48 Å². The predicted octanol–water partition coefficient (Wildman–Crippen LogP) is 0.704. The van der Waals surface area contributed by atoms with E-state index in [4.69, 9.17) is 10.9 Å². The van der Waals surface area contributed by atoms with Gasteiger partial charge >= 0.3 is 0 Å². The second-order valence-corrected chi connectivity index (χ2v) is 2.65. The van der Waals surface area contributed by atoms with E-state index in [-0.39, 0.29) is 5.96 Å². The third kappa shape index (κ3) is 2.87. The molecule has 0 aliphatic heterocycles. The summed E-state index contributed by atoms with van der Waals surface area (Å²) in [6.45, 7) is 1.81. The maximum atomic E-state index is 8.34. The summed E-state index contributed by atoms with van der Waals surface area (Å²) in [6.07, 6.45) is 0. The Labute approximate surface area is 81.9 Å². The highest BCUT2D eigenvalue weighted by atomic mass is 16.5. The van der Waals surface area contributed by atoms with E-state index < -0.39 is 0 Å². The van der Waals surface area contributed by atoms with Crippen LogP contribution in [0.5, 0.6) is 0 Å². The molecule has 4 N–H and O–H groups in total. The van der Waals surface area contributed by atoms with Crippen LogP contribution in [0.15, 0.2) is 40.5 Å². The fraction of sp³-hybridized carbons (Fsp3) is 0.111. The van der Waals surface area contributed by atoms with Gasteiger partial charge in [-0.25, -0.2) is 5.48 Å². The van der Waals surface area contributed by atoms with Crippen molar-refractivity contribution in [1.29, 1.82) is 0 Å². The number of nitrogens with two attached hydrogens (primary N) is 1. The number of hydrogen-bond donors (Lipinski definition) is 3. The molecule has 1 aromatic rings. The fourth-order valence-corrected chi connectivity index (χ4v) is 0.888. The first-order valence-corrected chi connectivity index (χ1v) is 4.07. The monoisotopic (exact) mass is 192 g/mol. The van der Waals surface area contributed by atoms with E-state index in [0.29, 0.717) is 0 Å². The number of guanidine groups is 1. The average Bonchev–Trinajstić information content (AvgIpc) is 2.26. The molecule has 0 spiro atoms. The van der Waals surface area contributed by atoms with Gasteiger partial charge < -0.3 is 5.73 Å². The lowest BCUT2D eigenvalue weighted by Gasteiger charge is -1.97. The number of hydroxylamine groups is 1. The molecule has 0 atom stereocenters. The van der Waals surface area contributed by atoms with Crippen LogP contribution in [-0.4, -0.2) is 16.9 Å². The Morgan fingerprint density at radius 3 is 2.50 bits per heavy atom. The topological polar surface area (TPSA) is 83.0 Å². The summed E-state index contributed by atoms with van der Waals surface area (Å²) < 4.78 is 0. The minimum absolute atomic E-state index is 0.139. The third-order valence-corrected chi connectivity index (χ3v) is 1.61. The van der Waals surface area contributed by atoms with Crippen molar-refractivity contribution in [1.82, 2.24) is 5.48 Å². The SMILES string of the molecule is C/C(=N\N=C(/N)NO)c1ccccc1. The highest BCUT2D eigenvalue weighted by Crippen LogP contribution is 2.00. The first kappa shape index (κ1) is 10.2. The zero-order valence-electron chi connectivity index (χ0n) is 7.81. The summed E-state index contributed by atoms with van der Waals surface area (Å²) >= 11 is 0. The molecule has 5 heteroatoms. The van der Waals surface area contributed by atoms with E-state index in [9.17, 15) is 0 Å². The van der Waals surface area contributed by atoms with Crippen LogP contribution in [0.4, 0.5) is 0 Å². The number of benzene rings is 1. The van der Waals surface area contributed by atoms with Crippen molar-refractivity contribution in [3.8, 4) is 0 Å². The normalized spacial score (nSPS) is 12.7. The minimum Gasteiger partial charge on any atom is -0.367 e. The summed E-state index contributed by atoms with van der Waals surface area (Å²) in [4.78, 5) is 0. The zero-order valence-corrected chi connectivity index (χ0v) is 7.81. The second kappa shape index (κ2) is 4.98. The lowest BCUT2D eigenvalue weighted by molar-refractivity contribution is 0.232. The molecule has 0 heterocycles. The molecule has 0 bridgehead atoms. The van der Waals surface area contributed by atoms with Gasteiger partial charge in [0.15, 0.2) is 0 Å². The molecule has 0 unspecified atom stereocenters. The molecular weight excluding hydrogens is 180 g/mol. The van der Waals surface area contributed by atoms with Crippen molar-refractivity contribution >= 4 is 11.7 Å². The molecule has 0 aliphatic carbocycles. The minimum atomic E-state index is -0.139. The third-order valence-electron chi connectivity index (χ3n) is 1.61. The second-order valence-electron chi connectivity index (χ2n) is 2.65. The molecular formula is C9H12N4O. The van der Waals surface area contributed by atoms with Crippen LogP contribution in [0.2, 0.25) is 0 Å². The van der Waals surface area contributed by atoms with Crippen molar-refractivity contribution < 1.29 is 5.21 Å². The van der Waals surface area contributed by atoms with Crippen LogP contribution in [0, 0.1) is 0 Å². The Balaban J connectivity index is 2.81. The molecule has 0 saturated carbocycles. The number of rotatable bonds is 2. The van der Waals surface area contributed by atoms with Crippen molar-refractivity contribution in [3.05, 3.63) is 35.9 Å². The van der Waals surface area contributed by atoms with Crippen LogP contribution in [0.1, 0.15) is 12.5 Å². The van der Waals surface area contributed by atoms with Gasteiger partial charge in [0.2, 0.25) is 5.96 Å². The Bertz CT molecular complexity index is 345. The predicted molar refractivity (Wildman–Crippen MR) is 55.2 cm³/mol. The van der Waals surface area contributed by atoms with Crippen LogP contribution < -0.4 is 11.2 Å². The van der Waals surface area contributed by atoms with Gasteiger partial charge in [-0.2, -0.15) is 5.10 Å². The Morgan fingerprint density at radius 2 is 1.93 bits per heavy atom. The molecule has 0 aromatic heterocycles. The van der Waals surface area contributed by atoms with Crippen molar-refractivity contribution in [3.63, 3.8) is 0 Å². The van der Waals surface area contributed by atoms with Gasteiger partial charge in [-0.05, 0) is 12.5 Å². The summed E-state index contributed by atoms with van der Waals surface area (Å²) in [7, 11) is 0. The summed E-state index contributed by atoms with van der Waals surface area (Å²) in [5.41, 5.74) is 8.56. The van der Waals surface area contributed by atoms with Crippen LogP contribution in [0.3, 0.4) is 0 Å². The quantitative estimate of drug-likeness (QED) is 0.366. The Kier molecular flexibility index (Phi) is 3.63. The Morgan fingerprint density at radius 1 is 1.29 bits per heavy atom. The van der Waals surface area contributed by atoms with E-state index in [1.165, 1.54) is 0 Å². The molecule has 0 saturated heterocycles. The molecule has 74 valence electrons. The maximum absolute atomic E-state index is 8.34. The van der Waals surface area contributed by atoms with Gasteiger partial charge in [0.1, 0.15) is 0 Å². The van der Waals surface area contributed by atoms with Gasteiger partial charge in [0.25, 0.3) is 0 Å². The first-order chi connectivity index (χ1) is 6.74. The Hall–Kier alpha value is -1.88. The van der Waals surface area contributed by atoms with E-state index in [1.807, 2.05) is 37.3 Å². The molecule has 0 radical (unpaired) electrons. The first-order valence-electron chi connectivity index (χ1n) is 4.07. The van der Waals surface area contributed by atoms with E-state index in [0.717, 1.165) is 11.3 Å². The number of nitrogens with one attached hydrogen (secondary N) is 1. The smallest absolute Gasteiger partial charge is 0.237 e. The fourth-order valence-electron chi connectivity index (χ4n) is 0.888. The molecule has 1 rings (SSSR count). The average molecular weight is 192 g/mol. The van der Waals surface area contributed by atoms with Gasteiger partial charge in [-0.15, -0.1) is 5.10 Å². The lowest BCUT2D eigenvalue weighted by atomic mass is 10.1. The summed E-state index contributed by atoms with van der Waals surface area (Å²) in [5.74, 6) is -0.139. The molecule has 1 aromatic carbocycles. The van der Waals surface area contributed by atoms with Crippen LogP contribution in [0.25, 0.3) is 0 Å². The zero-order chi connectivity index (χ0) is 10.4. The van der Waals surface area contributed by atoms with E-state index in [2.05, 4.69) is 10.2 Å². The van der Waals surface area contributed by atoms with Crippen molar-refractivity contribution in [2.24, 2.45) is 15.9 Å². The molecule has 5 nitrogen and oxygen atoms in total. The van der Waals surface area contributed by atoms with Crippen LogP contribution in [-0.2, 0) is 0 Å². The molecule has 0 fully saturated rings. The van der Waals surface area contributed by atoms with Gasteiger partial charge in [-0.3, -0.25) is 5.21 Å². The molecule has 0 aliphatic rings. The highest BCUT2D eigenvalue weighted by molar-refractivity contribution is 5.98. The van der Waals surface area contributed by atoms with Crippen LogP contribution >= 0.6 is 0 Å². The number of nitrogens with zero attached hydrogens (tertiary/aromatic N) is 2. The van der Waals surface area contributed by atoms with Gasteiger partial charge in [-0.1, -0.05) is 30.3 Å². The summed E-state index contributed by atoms with van der Waals surface area (Å²) in [6, 6.07) is 9.56. The maximum Gasteiger partial charge on any atom is 0.237 e. The van der Waals surface area contributed by atoms with Gasteiger partial charge in [0, 0.05) is 0 Å². The van der Waals surface area contributed by atoms with Crippen molar-refractivity contribution in [2.45, 2.75) is 6.92 Å².